The summed E-state index contributed by atoms with van der Waals surface area (Å²) in [5, 5.41) is 0. The molecule has 35 heavy (non-hydrogen) atoms. The maximum atomic E-state index is 13.9. The first-order valence-electron chi connectivity index (χ1n) is 13.9. The van der Waals surface area contributed by atoms with Gasteiger partial charge < -0.3 is 4.74 Å². The molecule has 0 saturated carbocycles. The van der Waals surface area contributed by atoms with Crippen molar-refractivity contribution in [2.75, 3.05) is 6.61 Å². The van der Waals surface area contributed by atoms with Crippen LogP contribution >= 0.6 is 0 Å². The van der Waals surface area contributed by atoms with Crippen LogP contribution in [0.15, 0.2) is 36.7 Å². The highest BCUT2D eigenvalue weighted by molar-refractivity contribution is 5.55. The third kappa shape index (κ3) is 13.0. The second-order valence-electron chi connectivity index (χ2n) is 9.72. The largest absolute Gasteiger partial charge is 0.490 e. The molecule has 0 amide bonds. The van der Waals surface area contributed by atoms with E-state index in [-0.39, 0.29) is 25.9 Å². The predicted octanol–water partition coefficient (Wildman–Crippen LogP) is 9.24. The molecular weight excluding hydrogens is 442 g/mol. The number of ether oxygens (including phenoxy) is 1. The Hall–Kier alpha value is -2.04. The van der Waals surface area contributed by atoms with Crippen LogP contribution in [-0.2, 0) is 6.42 Å². The van der Waals surface area contributed by atoms with E-state index < -0.39 is 12.3 Å². The molecule has 0 spiro atoms. The lowest BCUT2D eigenvalue weighted by Crippen LogP contribution is -2.11. The molecule has 1 heterocycles. The van der Waals surface area contributed by atoms with E-state index in [2.05, 4.69) is 41.2 Å². The van der Waals surface area contributed by atoms with Gasteiger partial charge in [0, 0.05) is 12.0 Å². The second-order valence-corrected chi connectivity index (χ2v) is 9.72. The number of aromatic nitrogens is 2. The van der Waals surface area contributed by atoms with Gasteiger partial charge >= 0.3 is 0 Å². The van der Waals surface area contributed by atoms with Gasteiger partial charge in [0.1, 0.15) is 12.3 Å². The predicted molar refractivity (Wildman–Crippen MR) is 142 cm³/mol. The number of halogens is 2. The van der Waals surface area contributed by atoms with E-state index in [1.165, 1.54) is 63.4 Å². The van der Waals surface area contributed by atoms with Crippen molar-refractivity contribution < 1.29 is 13.5 Å². The summed E-state index contributed by atoms with van der Waals surface area (Å²) in [7, 11) is 0. The van der Waals surface area contributed by atoms with Gasteiger partial charge in [0.05, 0.1) is 19.0 Å². The average molecular weight is 489 g/mol. The van der Waals surface area contributed by atoms with Crippen LogP contribution in [0.25, 0.3) is 11.4 Å². The Kier molecular flexibility index (Phi) is 15.2. The first-order chi connectivity index (χ1) is 17.1. The SMILES string of the molecule is CCCCCCCCCCCc1ccc(-c2ncc(OCCC(F)CCC(F)CCC)cn2)cc1. The molecule has 2 rings (SSSR count). The Morgan fingerprint density at radius 2 is 1.26 bits per heavy atom. The number of hydrogen-bond acceptors (Lipinski definition) is 3. The molecule has 0 bridgehead atoms. The fourth-order valence-corrected chi connectivity index (χ4v) is 4.27. The number of rotatable bonds is 20. The molecule has 0 N–H and O–H groups in total. The van der Waals surface area contributed by atoms with E-state index >= 15 is 0 Å². The summed E-state index contributed by atoms with van der Waals surface area (Å²) in [4.78, 5) is 8.80. The lowest BCUT2D eigenvalue weighted by molar-refractivity contribution is 0.200. The van der Waals surface area contributed by atoms with Gasteiger partial charge in [0.2, 0.25) is 0 Å². The Labute approximate surface area is 212 Å². The summed E-state index contributed by atoms with van der Waals surface area (Å²) in [6.45, 7) is 4.44. The van der Waals surface area contributed by atoms with Crippen molar-refractivity contribution in [1.29, 1.82) is 0 Å². The van der Waals surface area contributed by atoms with Crippen molar-refractivity contribution in [3.05, 3.63) is 42.2 Å². The van der Waals surface area contributed by atoms with Gasteiger partial charge in [-0.05, 0) is 37.7 Å². The van der Waals surface area contributed by atoms with Gasteiger partial charge in [0.25, 0.3) is 0 Å². The molecule has 0 saturated heterocycles. The summed E-state index contributed by atoms with van der Waals surface area (Å²) < 4.78 is 33.0. The van der Waals surface area contributed by atoms with Gasteiger partial charge in [0.15, 0.2) is 11.6 Å². The molecule has 0 fully saturated rings. The van der Waals surface area contributed by atoms with E-state index in [1.807, 2.05) is 6.92 Å². The van der Waals surface area contributed by atoms with Crippen molar-refractivity contribution >= 4 is 0 Å². The summed E-state index contributed by atoms with van der Waals surface area (Å²) in [6.07, 6.45) is 16.6. The van der Waals surface area contributed by atoms with E-state index in [0.29, 0.717) is 18.0 Å². The summed E-state index contributed by atoms with van der Waals surface area (Å²) >= 11 is 0. The van der Waals surface area contributed by atoms with Crippen molar-refractivity contribution in [1.82, 2.24) is 9.97 Å². The lowest BCUT2D eigenvalue weighted by Gasteiger charge is -2.11. The topological polar surface area (TPSA) is 35.0 Å². The molecule has 3 nitrogen and oxygen atoms in total. The summed E-state index contributed by atoms with van der Waals surface area (Å²) in [5.41, 5.74) is 2.33. The normalized spacial score (nSPS) is 13.0. The zero-order valence-corrected chi connectivity index (χ0v) is 22.0. The third-order valence-corrected chi connectivity index (χ3v) is 6.50. The van der Waals surface area contributed by atoms with Crippen LogP contribution < -0.4 is 4.74 Å². The van der Waals surface area contributed by atoms with Gasteiger partial charge in [-0.2, -0.15) is 0 Å². The fourth-order valence-electron chi connectivity index (χ4n) is 4.27. The smallest absolute Gasteiger partial charge is 0.159 e. The van der Waals surface area contributed by atoms with Crippen LogP contribution in [-0.4, -0.2) is 28.9 Å². The molecule has 0 radical (unpaired) electrons. The highest BCUT2D eigenvalue weighted by Crippen LogP contribution is 2.20. The standard InChI is InChI=1S/C30H46F2N2O/c1-3-5-6-7-8-9-10-11-12-14-25-15-17-26(18-16-25)30-33-23-29(24-34-30)35-22-21-28(32)20-19-27(31)13-4-2/h15-18,23-24,27-28H,3-14,19-22H2,1-2H3. The van der Waals surface area contributed by atoms with Gasteiger partial charge in [-0.25, -0.2) is 18.7 Å². The second kappa shape index (κ2) is 18.3. The van der Waals surface area contributed by atoms with Crippen LogP contribution in [0, 0.1) is 0 Å². The quantitative estimate of drug-likeness (QED) is 0.174. The van der Waals surface area contributed by atoms with Gasteiger partial charge in [-0.1, -0.05) is 95.9 Å². The Bertz CT molecular complexity index is 767. The van der Waals surface area contributed by atoms with Crippen molar-refractivity contribution in [2.24, 2.45) is 0 Å². The summed E-state index contributed by atoms with van der Waals surface area (Å²) in [5.74, 6) is 1.18. The number of aryl methyl sites for hydroxylation is 1. The zero-order valence-electron chi connectivity index (χ0n) is 22.0. The summed E-state index contributed by atoms with van der Waals surface area (Å²) in [6, 6.07) is 8.47. The molecular formula is C30H46F2N2O. The average Bonchev–Trinajstić information content (AvgIpc) is 2.87. The van der Waals surface area contributed by atoms with Crippen LogP contribution in [0.1, 0.15) is 109 Å². The number of alkyl halides is 2. The van der Waals surface area contributed by atoms with E-state index in [9.17, 15) is 8.78 Å². The minimum atomic E-state index is -1.04. The first-order valence-corrected chi connectivity index (χ1v) is 13.9. The number of nitrogens with zero attached hydrogens (tertiary/aromatic N) is 2. The number of unbranched alkanes of at least 4 members (excludes halogenated alkanes) is 8. The van der Waals surface area contributed by atoms with Crippen molar-refractivity contribution in [3.8, 4) is 17.1 Å². The molecule has 1 aromatic heterocycles. The minimum absolute atomic E-state index is 0.238. The first kappa shape index (κ1) is 29.2. The molecule has 0 aliphatic heterocycles. The van der Waals surface area contributed by atoms with E-state index in [4.69, 9.17) is 4.74 Å². The molecule has 2 aromatic rings. The monoisotopic (exact) mass is 488 g/mol. The highest BCUT2D eigenvalue weighted by Gasteiger charge is 2.12. The van der Waals surface area contributed by atoms with E-state index in [0.717, 1.165) is 18.4 Å². The molecule has 1 aromatic carbocycles. The van der Waals surface area contributed by atoms with Crippen LogP contribution in [0.5, 0.6) is 5.75 Å². The van der Waals surface area contributed by atoms with Crippen molar-refractivity contribution in [2.45, 2.75) is 123 Å². The minimum Gasteiger partial charge on any atom is -0.490 e. The molecule has 0 aliphatic rings. The Balaban J connectivity index is 1.63. The number of hydrogen-bond donors (Lipinski definition) is 0. The van der Waals surface area contributed by atoms with Gasteiger partial charge in [-0.3, -0.25) is 0 Å². The molecule has 5 heteroatoms. The fraction of sp³-hybridized carbons (Fsp3) is 0.667. The van der Waals surface area contributed by atoms with E-state index in [1.54, 1.807) is 12.4 Å². The maximum Gasteiger partial charge on any atom is 0.159 e. The maximum absolute atomic E-state index is 13.9. The molecule has 0 aliphatic carbocycles. The van der Waals surface area contributed by atoms with Gasteiger partial charge in [-0.15, -0.1) is 0 Å². The molecule has 2 atom stereocenters. The molecule has 196 valence electrons. The van der Waals surface area contributed by atoms with Crippen LogP contribution in [0.2, 0.25) is 0 Å². The lowest BCUT2D eigenvalue weighted by atomic mass is 10.0. The Morgan fingerprint density at radius 1 is 0.686 bits per heavy atom. The number of benzene rings is 1. The highest BCUT2D eigenvalue weighted by atomic mass is 19.1. The molecule has 2 unspecified atom stereocenters. The Morgan fingerprint density at radius 3 is 1.86 bits per heavy atom. The zero-order chi connectivity index (χ0) is 25.1. The van der Waals surface area contributed by atoms with Crippen LogP contribution in [0.4, 0.5) is 8.78 Å². The third-order valence-electron chi connectivity index (χ3n) is 6.50. The van der Waals surface area contributed by atoms with Crippen molar-refractivity contribution in [3.63, 3.8) is 0 Å². The van der Waals surface area contributed by atoms with Crippen LogP contribution in [0.3, 0.4) is 0 Å².